The minimum Gasteiger partial charge on any atom is -0.381 e. The average molecular weight is 318 g/mol. The van der Waals surface area contributed by atoms with E-state index in [1.807, 2.05) is 18.2 Å². The molecule has 17 heavy (non-hydrogen) atoms. The highest BCUT2D eigenvalue weighted by Crippen LogP contribution is 2.28. The Morgan fingerprint density at radius 3 is 2.88 bits per heavy atom. The van der Waals surface area contributed by atoms with Crippen molar-refractivity contribution in [1.29, 1.82) is 0 Å². The van der Waals surface area contributed by atoms with E-state index in [0.29, 0.717) is 12.1 Å². The number of hydrogen-bond donors (Lipinski definition) is 1. The van der Waals surface area contributed by atoms with Crippen molar-refractivity contribution >= 4 is 33.2 Å². The molecule has 0 spiro atoms. The molecule has 0 bridgehead atoms. The molecule has 0 amide bonds. The third-order valence-electron chi connectivity index (χ3n) is 3.50. The van der Waals surface area contributed by atoms with Gasteiger partial charge in [0.25, 0.3) is 0 Å². The van der Waals surface area contributed by atoms with Crippen LogP contribution >= 0.6 is 27.5 Å². The van der Waals surface area contributed by atoms with Gasteiger partial charge in [-0.05, 0) is 60.9 Å². The Morgan fingerprint density at radius 2 is 2.24 bits per heavy atom. The number of hydrogen-bond acceptors (Lipinski definition) is 2. The van der Waals surface area contributed by atoms with Gasteiger partial charge in [-0.25, -0.2) is 0 Å². The lowest BCUT2D eigenvalue weighted by atomic mass is 9.99. The molecule has 2 nitrogen and oxygen atoms in total. The Balaban J connectivity index is 2.01. The van der Waals surface area contributed by atoms with Gasteiger partial charge in [0.15, 0.2) is 0 Å². The number of nitrogens with zero attached hydrogens (tertiary/aromatic N) is 1. The number of likely N-dealkylation sites (tertiary alicyclic amines) is 1. The number of halogens is 2. The molecule has 94 valence electrons. The van der Waals surface area contributed by atoms with E-state index in [2.05, 4.69) is 40.1 Å². The molecule has 1 fully saturated rings. The first-order valence-corrected chi connectivity index (χ1v) is 7.15. The number of rotatable bonds is 2. The summed E-state index contributed by atoms with van der Waals surface area (Å²) in [5.74, 6) is 0. The number of benzene rings is 1. The first kappa shape index (κ1) is 13.2. The summed E-state index contributed by atoms with van der Waals surface area (Å²) in [6.45, 7) is 3.44. The quantitative estimate of drug-likeness (QED) is 0.887. The number of piperidine rings is 1. The molecule has 0 aliphatic carbocycles. The summed E-state index contributed by atoms with van der Waals surface area (Å²) in [4.78, 5) is 2.41. The maximum absolute atomic E-state index is 5.94. The van der Waals surface area contributed by atoms with E-state index in [1.165, 1.54) is 12.8 Å². The van der Waals surface area contributed by atoms with Crippen LogP contribution in [0.2, 0.25) is 5.02 Å². The lowest BCUT2D eigenvalue weighted by molar-refractivity contribution is 0.190. The van der Waals surface area contributed by atoms with Crippen molar-refractivity contribution in [3.8, 4) is 0 Å². The van der Waals surface area contributed by atoms with Crippen LogP contribution < -0.4 is 5.32 Å². The molecule has 2 rings (SSSR count). The van der Waals surface area contributed by atoms with Crippen molar-refractivity contribution in [2.45, 2.75) is 31.8 Å². The molecule has 1 aromatic rings. The lowest BCUT2D eigenvalue weighted by Gasteiger charge is -2.36. The highest BCUT2D eigenvalue weighted by molar-refractivity contribution is 9.10. The van der Waals surface area contributed by atoms with Crippen molar-refractivity contribution in [2.75, 3.05) is 18.9 Å². The fourth-order valence-electron chi connectivity index (χ4n) is 2.25. The molecular weight excluding hydrogens is 300 g/mol. The van der Waals surface area contributed by atoms with Crippen molar-refractivity contribution in [1.82, 2.24) is 4.90 Å². The van der Waals surface area contributed by atoms with Crippen molar-refractivity contribution in [3.05, 3.63) is 27.7 Å². The standard InChI is InChI=1S/C13H18BrClN2/c1-9-7-11(5-6-17(9)2)16-13-4-3-10(15)8-12(13)14/h3-4,8-9,11,16H,5-7H2,1-2H3. The Morgan fingerprint density at radius 1 is 1.47 bits per heavy atom. The van der Waals surface area contributed by atoms with Gasteiger partial charge in [0.2, 0.25) is 0 Å². The van der Waals surface area contributed by atoms with E-state index < -0.39 is 0 Å². The van der Waals surface area contributed by atoms with Gasteiger partial charge in [-0.2, -0.15) is 0 Å². The second-order valence-electron chi connectivity index (χ2n) is 4.82. The van der Waals surface area contributed by atoms with Gasteiger partial charge in [-0.3, -0.25) is 0 Å². The molecule has 4 heteroatoms. The summed E-state index contributed by atoms with van der Waals surface area (Å²) in [5, 5.41) is 4.36. The first-order valence-electron chi connectivity index (χ1n) is 5.98. The van der Waals surface area contributed by atoms with E-state index in [0.717, 1.165) is 21.7 Å². The summed E-state index contributed by atoms with van der Waals surface area (Å²) in [6, 6.07) is 7.09. The topological polar surface area (TPSA) is 15.3 Å². The fraction of sp³-hybridized carbons (Fsp3) is 0.538. The highest BCUT2D eigenvalue weighted by Gasteiger charge is 2.22. The summed E-state index contributed by atoms with van der Waals surface area (Å²) in [6.07, 6.45) is 2.38. The van der Waals surface area contributed by atoms with E-state index in [9.17, 15) is 0 Å². The molecule has 2 atom stereocenters. The molecule has 0 aromatic heterocycles. The average Bonchev–Trinajstić information content (AvgIpc) is 2.27. The summed E-state index contributed by atoms with van der Waals surface area (Å²) in [5.41, 5.74) is 1.14. The van der Waals surface area contributed by atoms with E-state index >= 15 is 0 Å². The largest absolute Gasteiger partial charge is 0.381 e. The minimum atomic E-state index is 0.554. The van der Waals surface area contributed by atoms with Gasteiger partial charge in [0.1, 0.15) is 0 Å². The molecule has 1 saturated heterocycles. The molecule has 2 unspecified atom stereocenters. The summed E-state index contributed by atoms with van der Waals surface area (Å²) < 4.78 is 1.04. The van der Waals surface area contributed by atoms with E-state index in [4.69, 9.17) is 11.6 Å². The van der Waals surface area contributed by atoms with Gasteiger partial charge in [-0.1, -0.05) is 11.6 Å². The van der Waals surface area contributed by atoms with Gasteiger partial charge >= 0.3 is 0 Å². The normalized spacial score (nSPS) is 25.9. The van der Waals surface area contributed by atoms with Crippen molar-refractivity contribution < 1.29 is 0 Å². The van der Waals surface area contributed by atoms with Gasteiger partial charge in [-0.15, -0.1) is 0 Å². The van der Waals surface area contributed by atoms with Crippen LogP contribution in [-0.4, -0.2) is 30.6 Å². The summed E-state index contributed by atoms with van der Waals surface area (Å²) in [7, 11) is 2.19. The Kier molecular flexibility index (Phi) is 4.34. The van der Waals surface area contributed by atoms with E-state index in [-0.39, 0.29) is 0 Å². The van der Waals surface area contributed by atoms with Crippen LogP contribution in [0, 0.1) is 0 Å². The van der Waals surface area contributed by atoms with Crippen molar-refractivity contribution in [2.24, 2.45) is 0 Å². The monoisotopic (exact) mass is 316 g/mol. The second kappa shape index (κ2) is 5.59. The molecule has 1 aromatic carbocycles. The Bertz CT molecular complexity index is 397. The van der Waals surface area contributed by atoms with Crippen LogP contribution in [0.25, 0.3) is 0 Å². The van der Waals surface area contributed by atoms with Gasteiger partial charge in [0, 0.05) is 33.8 Å². The van der Waals surface area contributed by atoms with Gasteiger partial charge < -0.3 is 10.2 Å². The molecule has 1 heterocycles. The molecule has 1 N–H and O–H groups in total. The van der Waals surface area contributed by atoms with Crippen LogP contribution in [0.15, 0.2) is 22.7 Å². The number of anilines is 1. The van der Waals surface area contributed by atoms with Crippen LogP contribution in [0.3, 0.4) is 0 Å². The van der Waals surface area contributed by atoms with E-state index in [1.54, 1.807) is 0 Å². The van der Waals surface area contributed by atoms with Crippen LogP contribution in [0.1, 0.15) is 19.8 Å². The predicted molar refractivity (Wildman–Crippen MR) is 77.9 cm³/mol. The number of nitrogens with one attached hydrogen (secondary N) is 1. The fourth-order valence-corrected chi connectivity index (χ4v) is 3.04. The molecule has 0 saturated carbocycles. The zero-order chi connectivity index (χ0) is 12.4. The highest BCUT2D eigenvalue weighted by atomic mass is 79.9. The molecule has 0 radical (unpaired) electrons. The third-order valence-corrected chi connectivity index (χ3v) is 4.39. The molecule has 1 aliphatic heterocycles. The van der Waals surface area contributed by atoms with Crippen molar-refractivity contribution in [3.63, 3.8) is 0 Å². The SMILES string of the molecule is CC1CC(Nc2ccc(Cl)cc2Br)CCN1C. The lowest BCUT2D eigenvalue weighted by Crippen LogP contribution is -2.42. The smallest absolute Gasteiger partial charge is 0.0487 e. The van der Waals surface area contributed by atoms with Crippen LogP contribution in [0.4, 0.5) is 5.69 Å². The zero-order valence-electron chi connectivity index (χ0n) is 10.2. The maximum Gasteiger partial charge on any atom is 0.0487 e. The maximum atomic E-state index is 5.94. The zero-order valence-corrected chi connectivity index (χ0v) is 12.6. The van der Waals surface area contributed by atoms with Crippen LogP contribution in [-0.2, 0) is 0 Å². The third kappa shape index (κ3) is 3.36. The minimum absolute atomic E-state index is 0.554. The molecule has 1 aliphatic rings. The predicted octanol–water partition coefficient (Wildman–Crippen LogP) is 4.00. The summed E-state index contributed by atoms with van der Waals surface area (Å²) >= 11 is 9.48. The second-order valence-corrected chi connectivity index (χ2v) is 6.11. The Labute approximate surface area is 116 Å². The Hall–Kier alpha value is -0.250. The van der Waals surface area contributed by atoms with Crippen LogP contribution in [0.5, 0.6) is 0 Å². The first-order chi connectivity index (χ1) is 8.06. The molecular formula is C13H18BrClN2. The van der Waals surface area contributed by atoms with Gasteiger partial charge in [0.05, 0.1) is 0 Å².